The summed E-state index contributed by atoms with van der Waals surface area (Å²) in [5.74, 6) is 0.414. The van der Waals surface area contributed by atoms with Crippen LogP contribution in [0, 0.1) is 5.82 Å². The first kappa shape index (κ1) is 18.8. The minimum atomic E-state index is -3.68. The largest absolute Gasteiger partial charge is 0.492 e. The summed E-state index contributed by atoms with van der Waals surface area (Å²) >= 11 is 0. The Labute approximate surface area is 153 Å². The molecule has 3 rings (SSSR count). The second kappa shape index (κ2) is 8.16. The van der Waals surface area contributed by atoms with E-state index in [-0.39, 0.29) is 10.7 Å². The molecule has 0 bridgehead atoms. The van der Waals surface area contributed by atoms with Gasteiger partial charge in [0.2, 0.25) is 10.0 Å². The molecule has 0 aliphatic carbocycles. The highest BCUT2D eigenvalue weighted by Gasteiger charge is 2.24. The summed E-state index contributed by atoms with van der Waals surface area (Å²) in [6, 6.07) is 13.2. The van der Waals surface area contributed by atoms with Crippen molar-refractivity contribution < 1.29 is 17.5 Å². The molecule has 0 aromatic heterocycles. The molecule has 2 aromatic rings. The Morgan fingerprint density at radius 3 is 2.65 bits per heavy atom. The number of benzene rings is 2. The van der Waals surface area contributed by atoms with Gasteiger partial charge in [-0.2, -0.15) is 0 Å². The van der Waals surface area contributed by atoms with Gasteiger partial charge in [0, 0.05) is 12.6 Å². The number of nitrogens with two attached hydrogens (primary N) is 1. The summed E-state index contributed by atoms with van der Waals surface area (Å²) in [5, 5.41) is 5.08. The van der Waals surface area contributed by atoms with Gasteiger partial charge in [-0.25, -0.2) is 17.9 Å². The maximum absolute atomic E-state index is 13.4. The molecular formula is C19H23FN2O3S. The number of sulfonamides is 1. The highest BCUT2D eigenvalue weighted by molar-refractivity contribution is 7.89. The molecule has 1 unspecified atom stereocenters. The van der Waals surface area contributed by atoms with Gasteiger partial charge < -0.3 is 4.74 Å². The van der Waals surface area contributed by atoms with Gasteiger partial charge in [0.15, 0.2) is 0 Å². The molecule has 1 aliphatic rings. The van der Waals surface area contributed by atoms with Crippen molar-refractivity contribution in [3.63, 3.8) is 0 Å². The summed E-state index contributed by atoms with van der Waals surface area (Å²) in [6.07, 6.45) is 3.06. The monoisotopic (exact) mass is 378 g/mol. The average Bonchev–Trinajstić information content (AvgIpc) is 3.02. The molecule has 2 aromatic carbocycles. The lowest BCUT2D eigenvalue weighted by Crippen LogP contribution is -2.34. The molecule has 1 fully saturated rings. The van der Waals surface area contributed by atoms with E-state index < -0.39 is 10.0 Å². The van der Waals surface area contributed by atoms with Crippen LogP contribution in [-0.4, -0.2) is 39.1 Å². The predicted molar refractivity (Wildman–Crippen MR) is 98.0 cm³/mol. The minimum Gasteiger partial charge on any atom is -0.492 e. The van der Waals surface area contributed by atoms with Gasteiger partial charge in [-0.15, -0.1) is 0 Å². The van der Waals surface area contributed by atoms with Gasteiger partial charge in [-0.1, -0.05) is 12.1 Å². The standard InChI is InChI=1S/C19H23FN2O3S/c20-16-4-1-3-15(13-16)14-17-5-2-10-22(17)11-12-25-18-6-8-19(9-7-18)26(21,23)24/h1,3-4,6-9,13,17H,2,5,10-12,14H2,(H2,21,23,24). The minimum absolute atomic E-state index is 0.0690. The number of ether oxygens (including phenoxy) is 1. The summed E-state index contributed by atoms with van der Waals surface area (Å²) in [7, 11) is -3.68. The van der Waals surface area contributed by atoms with Crippen LogP contribution >= 0.6 is 0 Å². The zero-order valence-corrected chi connectivity index (χ0v) is 15.3. The maximum atomic E-state index is 13.4. The molecule has 7 heteroatoms. The number of primary sulfonamides is 1. The lowest BCUT2D eigenvalue weighted by atomic mass is 10.0. The van der Waals surface area contributed by atoms with Gasteiger partial charge >= 0.3 is 0 Å². The molecule has 0 saturated carbocycles. The van der Waals surface area contributed by atoms with Crippen molar-refractivity contribution in [1.82, 2.24) is 4.90 Å². The van der Waals surface area contributed by atoms with Gasteiger partial charge in [0.25, 0.3) is 0 Å². The van der Waals surface area contributed by atoms with Crippen LogP contribution in [0.5, 0.6) is 5.75 Å². The van der Waals surface area contributed by atoms with Crippen LogP contribution in [0.4, 0.5) is 4.39 Å². The second-order valence-electron chi connectivity index (χ2n) is 6.53. The Morgan fingerprint density at radius 1 is 1.19 bits per heavy atom. The van der Waals surface area contributed by atoms with E-state index in [1.165, 1.54) is 18.2 Å². The Balaban J connectivity index is 1.50. The zero-order valence-electron chi connectivity index (χ0n) is 14.5. The van der Waals surface area contributed by atoms with Gasteiger partial charge in [0.1, 0.15) is 18.2 Å². The van der Waals surface area contributed by atoms with E-state index in [1.807, 2.05) is 6.07 Å². The molecule has 1 saturated heterocycles. The third-order valence-corrected chi connectivity index (χ3v) is 5.59. The molecule has 26 heavy (non-hydrogen) atoms. The SMILES string of the molecule is NS(=O)(=O)c1ccc(OCCN2CCCC2Cc2cccc(F)c2)cc1. The molecule has 1 heterocycles. The number of rotatable bonds is 7. The van der Waals surface area contributed by atoms with Crippen molar-refractivity contribution in [2.45, 2.75) is 30.2 Å². The first-order valence-electron chi connectivity index (χ1n) is 8.66. The van der Waals surface area contributed by atoms with Crippen molar-refractivity contribution >= 4 is 10.0 Å². The number of hydrogen-bond acceptors (Lipinski definition) is 4. The fourth-order valence-electron chi connectivity index (χ4n) is 3.36. The van der Waals surface area contributed by atoms with Crippen LogP contribution in [0.3, 0.4) is 0 Å². The van der Waals surface area contributed by atoms with E-state index in [9.17, 15) is 12.8 Å². The fraction of sp³-hybridized carbons (Fsp3) is 0.368. The highest BCUT2D eigenvalue weighted by Crippen LogP contribution is 2.21. The van der Waals surface area contributed by atoms with Crippen molar-refractivity contribution in [1.29, 1.82) is 0 Å². The van der Waals surface area contributed by atoms with E-state index >= 15 is 0 Å². The second-order valence-corrected chi connectivity index (χ2v) is 8.09. The summed E-state index contributed by atoms with van der Waals surface area (Å²) < 4.78 is 41.6. The zero-order chi connectivity index (χ0) is 18.6. The summed E-state index contributed by atoms with van der Waals surface area (Å²) in [6.45, 7) is 2.29. The van der Waals surface area contributed by atoms with Crippen molar-refractivity contribution in [2.75, 3.05) is 19.7 Å². The van der Waals surface area contributed by atoms with Gasteiger partial charge in [-0.3, -0.25) is 4.90 Å². The highest BCUT2D eigenvalue weighted by atomic mass is 32.2. The number of likely N-dealkylation sites (tertiary alicyclic amines) is 1. The lowest BCUT2D eigenvalue weighted by Gasteiger charge is -2.24. The Bertz CT molecular complexity index is 840. The van der Waals surface area contributed by atoms with Gasteiger partial charge in [0.05, 0.1) is 4.90 Å². The van der Waals surface area contributed by atoms with E-state index in [0.717, 1.165) is 37.9 Å². The van der Waals surface area contributed by atoms with Crippen molar-refractivity contribution in [3.8, 4) is 5.75 Å². The topological polar surface area (TPSA) is 72.6 Å². The molecule has 0 spiro atoms. The Kier molecular flexibility index (Phi) is 5.90. The molecule has 0 radical (unpaired) electrons. The third-order valence-electron chi connectivity index (χ3n) is 4.66. The van der Waals surface area contributed by atoms with E-state index in [0.29, 0.717) is 18.4 Å². The van der Waals surface area contributed by atoms with Crippen molar-refractivity contribution in [2.24, 2.45) is 5.14 Å². The van der Waals surface area contributed by atoms with Gasteiger partial charge in [-0.05, 0) is 67.8 Å². The van der Waals surface area contributed by atoms with Crippen LogP contribution in [0.2, 0.25) is 0 Å². The van der Waals surface area contributed by atoms with Crippen molar-refractivity contribution in [3.05, 3.63) is 59.9 Å². The normalized spacial score (nSPS) is 18.2. The van der Waals surface area contributed by atoms with Crippen LogP contribution in [-0.2, 0) is 16.4 Å². The smallest absolute Gasteiger partial charge is 0.238 e. The first-order valence-corrected chi connectivity index (χ1v) is 10.2. The number of nitrogens with zero attached hydrogens (tertiary/aromatic N) is 1. The molecular weight excluding hydrogens is 355 g/mol. The predicted octanol–water partition coefficient (Wildman–Crippen LogP) is 2.56. The fourth-order valence-corrected chi connectivity index (χ4v) is 3.88. The van der Waals surface area contributed by atoms with E-state index in [2.05, 4.69) is 4.90 Å². The molecule has 140 valence electrons. The Hall–Kier alpha value is -1.96. The quantitative estimate of drug-likeness (QED) is 0.804. The third kappa shape index (κ3) is 5.03. The maximum Gasteiger partial charge on any atom is 0.238 e. The molecule has 0 amide bonds. The molecule has 5 nitrogen and oxygen atoms in total. The summed E-state index contributed by atoms with van der Waals surface area (Å²) in [4.78, 5) is 2.43. The number of halogens is 1. The molecule has 1 atom stereocenters. The molecule has 2 N–H and O–H groups in total. The van der Waals surface area contributed by atoms with Crippen LogP contribution in [0.15, 0.2) is 53.4 Å². The first-order chi connectivity index (χ1) is 12.4. The van der Waals surface area contributed by atoms with E-state index in [4.69, 9.17) is 9.88 Å². The summed E-state index contributed by atoms with van der Waals surface area (Å²) in [5.41, 5.74) is 1.02. The van der Waals surface area contributed by atoms with Crippen LogP contribution in [0.25, 0.3) is 0 Å². The average molecular weight is 378 g/mol. The number of hydrogen-bond donors (Lipinski definition) is 1. The Morgan fingerprint density at radius 2 is 1.96 bits per heavy atom. The van der Waals surface area contributed by atoms with Crippen LogP contribution < -0.4 is 9.88 Å². The molecule has 1 aliphatic heterocycles. The van der Waals surface area contributed by atoms with Crippen LogP contribution in [0.1, 0.15) is 18.4 Å². The lowest BCUT2D eigenvalue weighted by molar-refractivity contribution is 0.196. The van der Waals surface area contributed by atoms with E-state index in [1.54, 1.807) is 24.3 Å².